The lowest BCUT2D eigenvalue weighted by Gasteiger charge is -2.49. The molecule has 45 heavy (non-hydrogen) atoms. The van der Waals surface area contributed by atoms with Gasteiger partial charge in [0, 0.05) is 5.57 Å². The van der Waals surface area contributed by atoms with Gasteiger partial charge in [-0.1, -0.05) is 72.8 Å². The Balaban J connectivity index is 1.38. The Hall–Kier alpha value is -4.59. The zero-order valence-electron chi connectivity index (χ0n) is 24.6. The smallest absolute Gasteiger partial charge is 0.354 e. The van der Waals surface area contributed by atoms with Crippen LogP contribution >= 0.6 is 7.26 Å². The summed E-state index contributed by atoms with van der Waals surface area (Å²) in [5, 5.41) is 5.04. The van der Waals surface area contributed by atoms with Crippen LogP contribution in [0.15, 0.2) is 133 Å². The van der Waals surface area contributed by atoms with E-state index in [9.17, 15) is 18.6 Å². The fourth-order valence-corrected chi connectivity index (χ4v) is 12.2. The van der Waals surface area contributed by atoms with Gasteiger partial charge in [-0.15, -0.1) is 0 Å². The van der Waals surface area contributed by atoms with Gasteiger partial charge in [0.25, 0.3) is 11.8 Å². The molecule has 0 saturated carbocycles. The quantitative estimate of drug-likeness (QED) is 0.163. The van der Waals surface area contributed by atoms with Crippen LogP contribution in [-0.2, 0) is 29.9 Å². The highest BCUT2D eigenvalue weighted by Gasteiger charge is 2.59. The Morgan fingerprint density at radius 3 is 1.80 bits per heavy atom. The minimum atomic E-state index is -2.48. The molecule has 1 unspecified atom stereocenters. The number of rotatable bonds is 10. The minimum Gasteiger partial charge on any atom is -0.484 e. The van der Waals surface area contributed by atoms with Gasteiger partial charge in [0.1, 0.15) is 46.0 Å². The molecule has 1 saturated heterocycles. The number of β-lactam (4-membered cyclic amide) rings is 1. The lowest BCUT2D eigenvalue weighted by atomic mass is 10.0. The molecule has 4 aromatic rings. The van der Waals surface area contributed by atoms with Crippen molar-refractivity contribution in [2.24, 2.45) is 0 Å². The number of benzene rings is 4. The third-order valence-electron chi connectivity index (χ3n) is 8.03. The maximum Gasteiger partial charge on any atom is 0.354 e. The minimum absolute atomic E-state index is 0.0556. The third-order valence-corrected chi connectivity index (χ3v) is 14.1. The summed E-state index contributed by atoms with van der Waals surface area (Å²) >= 11 is 0. The summed E-state index contributed by atoms with van der Waals surface area (Å²) in [4.78, 5) is 41.0. The first-order chi connectivity index (χ1) is 21.9. The number of amides is 2. The van der Waals surface area contributed by atoms with Gasteiger partial charge in [-0.05, 0) is 48.5 Å². The highest BCUT2D eigenvalue weighted by Crippen LogP contribution is 2.57. The van der Waals surface area contributed by atoms with Gasteiger partial charge < -0.3 is 14.8 Å². The summed E-state index contributed by atoms with van der Waals surface area (Å²) < 4.78 is 24.6. The van der Waals surface area contributed by atoms with Gasteiger partial charge in [0.15, 0.2) is 6.61 Å². The molecule has 10 heteroatoms. The molecule has 0 radical (unpaired) electrons. The number of hydrogen-bond donors (Lipinski definition) is 1. The Morgan fingerprint density at radius 2 is 1.31 bits per heavy atom. The Morgan fingerprint density at radius 1 is 0.822 bits per heavy atom. The lowest BCUT2D eigenvalue weighted by molar-refractivity contribution is -0.152. The molecule has 0 aliphatic carbocycles. The maximum absolute atomic E-state index is 13.9. The van der Waals surface area contributed by atoms with E-state index >= 15 is 0 Å². The van der Waals surface area contributed by atoms with E-state index in [2.05, 4.69) is 41.7 Å². The summed E-state index contributed by atoms with van der Waals surface area (Å²) in [5.41, 5.74) is 0.692. The molecular formula is C35H32N2O6PS+. The molecule has 0 spiro atoms. The predicted molar refractivity (Wildman–Crippen MR) is 177 cm³/mol. The molecule has 0 aromatic heterocycles. The summed E-state index contributed by atoms with van der Waals surface area (Å²) in [5.74, 6) is -1.14. The second-order valence-electron chi connectivity index (χ2n) is 10.7. The predicted octanol–water partition coefficient (Wildman–Crippen LogP) is 2.90. The molecule has 0 bridgehead atoms. The van der Waals surface area contributed by atoms with E-state index in [0.29, 0.717) is 17.5 Å². The second kappa shape index (κ2) is 13.2. The molecule has 8 nitrogen and oxygen atoms in total. The van der Waals surface area contributed by atoms with Crippen LogP contribution in [-0.4, -0.2) is 63.9 Å². The number of ether oxygens (including phenoxy) is 2. The number of para-hydroxylation sites is 1. The van der Waals surface area contributed by atoms with Crippen LogP contribution < -0.4 is 26.0 Å². The Kier molecular flexibility index (Phi) is 8.92. The summed E-state index contributed by atoms with van der Waals surface area (Å²) in [6, 6.07) is 38.2. The van der Waals surface area contributed by atoms with Crippen molar-refractivity contribution >= 4 is 51.8 Å². The van der Waals surface area contributed by atoms with Crippen LogP contribution in [0.3, 0.4) is 0 Å². The molecular weight excluding hydrogens is 607 g/mol. The standard InChI is InChI=1S/C35H31N2O6PS/c1-42-35(40)32-25(24-45(41)34-31(33(39)37(32)34)36-30(38)22-43-26-14-6-2-7-15-26)23-44(27-16-8-3-9-17-27,28-18-10-4-11-19-28)29-20-12-5-13-21-29/h2-21,31,34H,22-24H2,1H3/p+1/t31-,34-,45?/m1/s1. The van der Waals surface area contributed by atoms with Gasteiger partial charge in [-0.3, -0.25) is 18.7 Å². The maximum atomic E-state index is 13.9. The molecule has 2 amide bonds. The number of nitrogens with zero attached hydrogens (tertiary/aromatic N) is 1. The highest BCUT2D eigenvalue weighted by atomic mass is 32.2. The zero-order chi connectivity index (χ0) is 31.4. The van der Waals surface area contributed by atoms with Crippen molar-refractivity contribution in [1.82, 2.24) is 10.2 Å². The van der Waals surface area contributed by atoms with Crippen molar-refractivity contribution in [1.29, 1.82) is 0 Å². The van der Waals surface area contributed by atoms with Crippen molar-refractivity contribution in [3.8, 4) is 5.75 Å². The van der Waals surface area contributed by atoms with Gasteiger partial charge in [0.05, 0.1) is 29.8 Å². The molecule has 4 aromatic carbocycles. The van der Waals surface area contributed by atoms with E-state index in [4.69, 9.17) is 9.47 Å². The second-order valence-corrected chi connectivity index (χ2v) is 15.7. The van der Waals surface area contributed by atoms with E-state index in [-0.39, 0.29) is 18.1 Å². The summed E-state index contributed by atoms with van der Waals surface area (Å²) in [6.45, 7) is -0.309. The first-order valence-corrected chi connectivity index (χ1v) is 17.8. The molecule has 1 fully saturated rings. The zero-order valence-corrected chi connectivity index (χ0v) is 26.3. The van der Waals surface area contributed by atoms with E-state index < -0.39 is 47.3 Å². The molecule has 2 heterocycles. The number of carbonyl (C=O) groups excluding carboxylic acids is 3. The first kappa shape index (κ1) is 30.4. The third kappa shape index (κ3) is 5.81. The number of fused-ring (bicyclic) bond motifs is 1. The topological polar surface area (TPSA) is 102 Å². The van der Waals surface area contributed by atoms with Gasteiger partial charge in [-0.2, -0.15) is 0 Å². The van der Waals surface area contributed by atoms with E-state index in [1.54, 1.807) is 24.3 Å². The summed E-state index contributed by atoms with van der Waals surface area (Å²) in [6.07, 6.45) is 0.375. The number of nitrogens with one attached hydrogen (secondary N) is 1. The van der Waals surface area contributed by atoms with Gasteiger partial charge in [-0.25, -0.2) is 4.79 Å². The van der Waals surface area contributed by atoms with Crippen molar-refractivity contribution < 1.29 is 28.1 Å². The lowest BCUT2D eigenvalue weighted by Crippen LogP contribution is -2.74. The Bertz CT molecular complexity index is 1660. The fraction of sp³-hybridized carbons (Fsp3) is 0.171. The number of esters is 1. The van der Waals surface area contributed by atoms with Crippen LogP contribution in [0, 0.1) is 0 Å². The van der Waals surface area contributed by atoms with Crippen LogP contribution in [0.2, 0.25) is 0 Å². The van der Waals surface area contributed by atoms with Crippen LogP contribution in [0.25, 0.3) is 0 Å². The molecule has 3 atom stereocenters. The number of carbonyl (C=O) groups is 3. The van der Waals surface area contributed by atoms with E-state index in [0.717, 1.165) is 15.9 Å². The SMILES string of the molecule is COC(=O)C1=C(C[P+](c2ccccc2)(c2ccccc2)c2ccccc2)CS(=O)[C@@H]2[C@H](NC(=O)COc3ccccc3)C(=O)N12. The average molecular weight is 640 g/mol. The Labute approximate surface area is 264 Å². The van der Waals surface area contributed by atoms with Crippen LogP contribution in [0.5, 0.6) is 5.75 Å². The van der Waals surface area contributed by atoms with Crippen molar-refractivity contribution in [3.63, 3.8) is 0 Å². The molecule has 2 aliphatic heterocycles. The van der Waals surface area contributed by atoms with Crippen molar-refractivity contribution in [2.45, 2.75) is 11.4 Å². The van der Waals surface area contributed by atoms with Crippen molar-refractivity contribution in [2.75, 3.05) is 25.6 Å². The van der Waals surface area contributed by atoms with E-state index in [1.807, 2.05) is 60.7 Å². The monoisotopic (exact) mass is 639 g/mol. The van der Waals surface area contributed by atoms with Crippen molar-refractivity contribution in [3.05, 3.63) is 133 Å². The molecule has 6 rings (SSSR count). The number of hydrogen-bond acceptors (Lipinski definition) is 6. The molecule has 2 aliphatic rings. The largest absolute Gasteiger partial charge is 0.484 e. The van der Waals surface area contributed by atoms with Crippen LogP contribution in [0.4, 0.5) is 0 Å². The molecule has 228 valence electrons. The summed E-state index contributed by atoms with van der Waals surface area (Å²) in [7, 11) is -2.82. The van der Waals surface area contributed by atoms with Gasteiger partial charge in [0.2, 0.25) is 0 Å². The number of methoxy groups -OCH3 is 1. The van der Waals surface area contributed by atoms with Crippen LogP contribution in [0.1, 0.15) is 0 Å². The molecule has 1 N–H and O–H groups in total. The fourth-order valence-electron chi connectivity index (χ4n) is 6.00. The highest BCUT2D eigenvalue weighted by molar-refractivity contribution is 7.96. The first-order valence-electron chi connectivity index (χ1n) is 14.5. The normalized spacial score (nSPS) is 19.3. The van der Waals surface area contributed by atoms with Gasteiger partial charge >= 0.3 is 5.97 Å². The van der Waals surface area contributed by atoms with E-state index in [1.165, 1.54) is 12.0 Å². The average Bonchev–Trinajstić information content (AvgIpc) is 3.09.